The summed E-state index contributed by atoms with van der Waals surface area (Å²) in [5.41, 5.74) is 5.50. The number of thiazole rings is 1. The molecule has 17 nitrogen and oxygen atoms in total. The van der Waals surface area contributed by atoms with Crippen molar-refractivity contribution in [2.75, 3.05) is 44.2 Å². The van der Waals surface area contributed by atoms with Gasteiger partial charge in [-0.3, -0.25) is 19.3 Å². The lowest BCUT2D eigenvalue weighted by molar-refractivity contribution is -0.938. The molecule has 4 aliphatic rings. The first kappa shape index (κ1) is 36.5. The average molecular weight is 786 g/mol. The Morgan fingerprint density at radius 3 is 2.63 bits per heavy atom. The second kappa shape index (κ2) is 14.0. The molecule has 0 radical (unpaired) electrons. The number of fused-ring (bicyclic) bond motifs is 2. The Bertz CT molecular complexity index is 1910. The van der Waals surface area contributed by atoms with E-state index in [1.807, 2.05) is 0 Å². The maximum atomic E-state index is 13.5. The topological polar surface area (TPSA) is 245 Å². The van der Waals surface area contributed by atoms with Crippen molar-refractivity contribution in [3.8, 4) is 11.5 Å². The van der Waals surface area contributed by atoms with Crippen molar-refractivity contribution in [1.29, 1.82) is 0 Å². The third-order valence-corrected chi connectivity index (χ3v) is 12.3. The van der Waals surface area contributed by atoms with Crippen LogP contribution in [0, 0.1) is 0 Å². The van der Waals surface area contributed by atoms with Gasteiger partial charge in [0.25, 0.3) is 17.7 Å². The molecule has 4 aliphatic heterocycles. The van der Waals surface area contributed by atoms with Crippen LogP contribution in [0.25, 0.3) is 0 Å². The quantitative estimate of drug-likeness (QED) is 0.0659. The number of hydrogen-bond donors (Lipinski definition) is 6. The molecule has 21 heteroatoms. The number of aromatic nitrogens is 1. The highest BCUT2D eigenvalue weighted by molar-refractivity contribution is 8.00. The molecular weight excluding hydrogens is 753 g/mol. The number of carboxylic acid groups (broad SMARTS) is 2. The average Bonchev–Trinajstić information content (AvgIpc) is 3.66. The van der Waals surface area contributed by atoms with Gasteiger partial charge in [-0.05, 0) is 19.1 Å². The predicted molar refractivity (Wildman–Crippen MR) is 185 cm³/mol. The van der Waals surface area contributed by atoms with E-state index in [4.69, 9.17) is 33.8 Å². The first-order valence-corrected chi connectivity index (χ1v) is 18.2. The van der Waals surface area contributed by atoms with Crippen molar-refractivity contribution < 1.29 is 53.7 Å². The second-order valence-electron chi connectivity index (χ2n) is 12.5. The van der Waals surface area contributed by atoms with Gasteiger partial charge in [0, 0.05) is 24.2 Å². The summed E-state index contributed by atoms with van der Waals surface area (Å²) in [7, 11) is 0. The van der Waals surface area contributed by atoms with Crippen molar-refractivity contribution in [3.05, 3.63) is 44.0 Å². The SMILES string of the molecule is C[C@H](O/N=C(\C(=O)N[C@@H]1C(=O)N2C(C(=O)O)=C(C[N+]34CCC[C@H]3CN(C(=O)c3ccc(O)c(O)c3Cl)CC4)CS[C@H]12)c1nc(N)sc1Cl)C(=O)O. The van der Waals surface area contributed by atoms with Crippen LogP contribution >= 0.6 is 46.3 Å². The number of carbonyl (C=O) groups excluding carboxylic acids is 3. The highest BCUT2D eigenvalue weighted by Crippen LogP contribution is 2.43. The Balaban J connectivity index is 1.18. The largest absolute Gasteiger partial charge is 0.504 e. The molecule has 6 rings (SSSR count). The number of nitrogen functional groups attached to an aromatic ring is 1. The molecule has 51 heavy (non-hydrogen) atoms. The molecule has 0 bridgehead atoms. The van der Waals surface area contributed by atoms with Gasteiger partial charge in [0.05, 0.1) is 36.8 Å². The number of nitrogens with one attached hydrogen (secondary N) is 1. The normalized spacial score (nSPS) is 25.1. The standard InChI is InChI=1S/C30H31Cl2N7O10S2/c1-12(28(45)46)49-36-19(18-23(32)51-30(33)35-18)24(42)34-20-26(44)38-21(29(47)48)13(11-50-27(20)38)10-39-7-2-3-14(39)9-37(6-8-39)25(43)15-4-5-16(40)22(41)17(15)31/h4-5,12,14,20,27H,2-3,6-11H2,1H3,(H6-,33,34,35,36,40,41,42,43,45,46,47,48)/p+1/t12-,14-,20+,27+,39?/m0/s1. The highest BCUT2D eigenvalue weighted by atomic mass is 35.5. The van der Waals surface area contributed by atoms with Crippen molar-refractivity contribution in [1.82, 2.24) is 20.1 Å². The monoisotopic (exact) mass is 784 g/mol. The van der Waals surface area contributed by atoms with Crippen LogP contribution in [0.3, 0.4) is 0 Å². The van der Waals surface area contributed by atoms with Gasteiger partial charge >= 0.3 is 11.9 Å². The van der Waals surface area contributed by atoms with Gasteiger partial charge < -0.3 is 45.7 Å². The summed E-state index contributed by atoms with van der Waals surface area (Å²) in [6, 6.07) is 1.39. The number of carbonyl (C=O) groups is 5. The maximum Gasteiger partial charge on any atom is 0.352 e. The van der Waals surface area contributed by atoms with E-state index >= 15 is 0 Å². The lowest BCUT2D eigenvalue weighted by atomic mass is 10.0. The number of aliphatic carboxylic acids is 2. The third kappa shape index (κ3) is 6.63. The minimum absolute atomic E-state index is 0.000882. The number of nitrogens with two attached hydrogens (primary N) is 1. The second-order valence-corrected chi connectivity index (χ2v) is 15.6. The number of amides is 3. The Hall–Kier alpha value is -4.30. The summed E-state index contributed by atoms with van der Waals surface area (Å²) in [4.78, 5) is 76.0. The lowest BCUT2D eigenvalue weighted by Crippen LogP contribution is -2.71. The minimum Gasteiger partial charge on any atom is -0.504 e. The zero-order valence-electron chi connectivity index (χ0n) is 26.7. The molecule has 3 amide bonds. The van der Waals surface area contributed by atoms with Crippen molar-refractivity contribution >= 4 is 86.8 Å². The van der Waals surface area contributed by atoms with Gasteiger partial charge in [0.15, 0.2) is 22.3 Å². The van der Waals surface area contributed by atoms with E-state index in [1.54, 1.807) is 4.90 Å². The zero-order valence-corrected chi connectivity index (χ0v) is 29.9. The molecular formula is C30H32Cl2N7O10S2+. The molecule has 5 atom stereocenters. The van der Waals surface area contributed by atoms with Crippen LogP contribution in [-0.4, -0.2) is 137 Å². The number of phenolic OH excluding ortho intramolecular Hbond substituents is 2. The highest BCUT2D eigenvalue weighted by Gasteiger charge is 2.56. The number of oxime groups is 1. The minimum atomic E-state index is -1.43. The molecule has 1 unspecified atom stereocenters. The molecule has 0 aliphatic carbocycles. The molecule has 1 aromatic carbocycles. The summed E-state index contributed by atoms with van der Waals surface area (Å²) >= 11 is 14.5. The lowest BCUT2D eigenvalue weighted by Gasteiger charge is -2.51. The molecule has 0 spiro atoms. The molecule has 3 fully saturated rings. The fraction of sp³-hybridized carbons (Fsp3) is 0.433. The number of nitrogens with zero attached hydrogens (tertiary/aromatic N) is 5. The van der Waals surface area contributed by atoms with Crippen LogP contribution in [0.5, 0.6) is 11.5 Å². The Labute approximate surface area is 307 Å². The summed E-state index contributed by atoms with van der Waals surface area (Å²) in [5.74, 6) is -5.41. The molecule has 7 N–H and O–H groups in total. The van der Waals surface area contributed by atoms with Gasteiger partial charge in [-0.2, -0.15) is 0 Å². The van der Waals surface area contributed by atoms with Crippen LogP contribution in [0.2, 0.25) is 9.36 Å². The smallest absolute Gasteiger partial charge is 0.352 e. The van der Waals surface area contributed by atoms with E-state index in [0.29, 0.717) is 36.2 Å². The van der Waals surface area contributed by atoms with Gasteiger partial charge in [-0.25, -0.2) is 14.6 Å². The molecule has 0 saturated carbocycles. The summed E-state index contributed by atoms with van der Waals surface area (Å²) in [5, 5.41) is 44.5. The van der Waals surface area contributed by atoms with Crippen LogP contribution in [0.1, 0.15) is 35.8 Å². The van der Waals surface area contributed by atoms with E-state index in [0.717, 1.165) is 35.6 Å². The number of benzene rings is 1. The van der Waals surface area contributed by atoms with E-state index in [9.17, 15) is 44.4 Å². The number of anilines is 1. The number of carboxylic acids is 2. The predicted octanol–water partition coefficient (Wildman–Crippen LogP) is 1.51. The number of phenols is 2. The summed E-state index contributed by atoms with van der Waals surface area (Å²) in [6.07, 6.45) is 0.202. The third-order valence-electron chi connectivity index (χ3n) is 9.51. The van der Waals surface area contributed by atoms with Crippen molar-refractivity contribution in [2.24, 2.45) is 5.16 Å². The summed E-state index contributed by atoms with van der Waals surface area (Å²) < 4.78 is 0.507. The van der Waals surface area contributed by atoms with E-state index in [2.05, 4.69) is 15.5 Å². The van der Waals surface area contributed by atoms with Crippen molar-refractivity contribution in [2.45, 2.75) is 43.3 Å². The van der Waals surface area contributed by atoms with Gasteiger partial charge in [-0.1, -0.05) is 39.7 Å². The van der Waals surface area contributed by atoms with E-state index < -0.39 is 64.4 Å². The number of rotatable bonds is 10. The van der Waals surface area contributed by atoms with Gasteiger partial charge in [-0.15, -0.1) is 11.8 Å². The molecule has 272 valence electrons. The number of β-lactam (4-membered cyclic amide) rings is 1. The van der Waals surface area contributed by atoms with Gasteiger partial charge in [0.2, 0.25) is 6.10 Å². The van der Waals surface area contributed by atoms with Gasteiger partial charge in [0.1, 0.15) is 39.7 Å². The molecule has 1 aromatic heterocycles. The van der Waals surface area contributed by atoms with Crippen LogP contribution < -0.4 is 11.1 Å². The van der Waals surface area contributed by atoms with E-state index in [1.165, 1.54) is 30.8 Å². The van der Waals surface area contributed by atoms with Crippen LogP contribution in [0.4, 0.5) is 5.13 Å². The Kier molecular flexibility index (Phi) is 10.0. The maximum absolute atomic E-state index is 13.5. The first-order valence-electron chi connectivity index (χ1n) is 15.6. The molecule has 5 heterocycles. The molecule has 2 aromatic rings. The van der Waals surface area contributed by atoms with Crippen molar-refractivity contribution in [3.63, 3.8) is 0 Å². The Morgan fingerprint density at radius 2 is 1.96 bits per heavy atom. The number of aromatic hydroxyl groups is 2. The molecule has 3 saturated heterocycles. The number of quaternary nitrogens is 1. The number of hydrogen-bond acceptors (Lipinski definition) is 13. The number of piperazine rings is 1. The zero-order chi connectivity index (χ0) is 36.9. The first-order chi connectivity index (χ1) is 24.1. The van der Waals surface area contributed by atoms with Crippen LogP contribution in [-0.2, 0) is 24.0 Å². The van der Waals surface area contributed by atoms with Crippen LogP contribution in [0.15, 0.2) is 28.6 Å². The summed E-state index contributed by atoms with van der Waals surface area (Å²) in [6.45, 7) is 3.50. The fourth-order valence-corrected chi connectivity index (χ4v) is 9.42. The number of thioether (sulfide) groups is 1. The van der Waals surface area contributed by atoms with E-state index in [-0.39, 0.29) is 43.2 Å². The number of halogens is 2. The fourth-order valence-electron chi connectivity index (χ4n) is 6.91. The Morgan fingerprint density at radius 1 is 1.22 bits per heavy atom.